The SMILES string of the molecule is NNc1nc(N)n(/C(N)=N/N/C(N)=N/c2n[nH]c(NN)n2)n1. The molecule has 0 unspecified atom stereocenters. The molecule has 0 bridgehead atoms. The van der Waals surface area contributed by atoms with E-state index in [0.717, 1.165) is 4.68 Å². The van der Waals surface area contributed by atoms with Crippen molar-refractivity contribution in [3.8, 4) is 0 Å². The second-order valence-electron chi connectivity index (χ2n) is 3.56. The number of hydrazone groups is 1. The Hall–Kier alpha value is -3.66. The number of aromatic nitrogens is 6. The van der Waals surface area contributed by atoms with Crippen molar-refractivity contribution in [2.24, 2.45) is 33.2 Å². The summed E-state index contributed by atoms with van der Waals surface area (Å²) in [6, 6.07) is 0. The minimum absolute atomic E-state index is 0.0286. The van der Waals surface area contributed by atoms with E-state index in [1.807, 2.05) is 0 Å². The van der Waals surface area contributed by atoms with Crippen molar-refractivity contribution < 1.29 is 0 Å². The molecule has 2 aromatic heterocycles. The van der Waals surface area contributed by atoms with Crippen LogP contribution >= 0.6 is 0 Å². The molecule has 16 nitrogen and oxygen atoms in total. The van der Waals surface area contributed by atoms with Crippen LogP contribution in [0.25, 0.3) is 0 Å². The normalized spacial score (nSPS) is 12.3. The molecule has 118 valence electrons. The summed E-state index contributed by atoms with van der Waals surface area (Å²) in [4.78, 5) is 11.4. The second-order valence-corrected chi connectivity index (χ2v) is 3.56. The van der Waals surface area contributed by atoms with Gasteiger partial charge in [-0.05, 0) is 0 Å². The Bertz CT molecular complexity index is 689. The van der Waals surface area contributed by atoms with E-state index in [-0.39, 0.29) is 35.7 Å². The minimum atomic E-state index is -0.149. The fraction of sp³-hybridized carbons (Fsp3) is 0. The Balaban J connectivity index is 2.07. The topological polar surface area (TPSA) is 263 Å². The number of H-pyrrole nitrogens is 1. The van der Waals surface area contributed by atoms with E-state index in [4.69, 9.17) is 28.9 Å². The second kappa shape index (κ2) is 6.19. The molecule has 2 heterocycles. The molecular formula is C6H14N16. The number of hydrogen-bond acceptors (Lipinski definition) is 11. The number of aromatic amines is 1. The zero-order valence-electron chi connectivity index (χ0n) is 11.0. The van der Waals surface area contributed by atoms with Crippen LogP contribution in [0.3, 0.4) is 0 Å². The Labute approximate surface area is 122 Å². The molecule has 0 saturated carbocycles. The van der Waals surface area contributed by atoms with E-state index in [1.165, 1.54) is 0 Å². The molecule has 16 heteroatoms. The number of nitrogens with zero attached hydrogens (tertiary/aromatic N) is 7. The van der Waals surface area contributed by atoms with Gasteiger partial charge in [0.15, 0.2) is 0 Å². The van der Waals surface area contributed by atoms with E-state index in [0.29, 0.717) is 0 Å². The molecular weight excluding hydrogens is 296 g/mol. The predicted octanol–water partition coefficient (Wildman–Crippen LogP) is -4.14. The number of nitrogens with two attached hydrogens (primary N) is 5. The molecule has 0 spiro atoms. The van der Waals surface area contributed by atoms with Crippen molar-refractivity contribution in [1.82, 2.24) is 35.4 Å². The van der Waals surface area contributed by atoms with Crippen molar-refractivity contribution in [2.75, 3.05) is 16.6 Å². The third kappa shape index (κ3) is 3.26. The first-order valence-electron chi connectivity index (χ1n) is 5.55. The average Bonchev–Trinajstić information content (AvgIpc) is 3.11. The highest BCUT2D eigenvalue weighted by atomic mass is 15.5. The van der Waals surface area contributed by atoms with Crippen LogP contribution in [0.4, 0.5) is 23.8 Å². The number of nitrogen functional groups attached to an aromatic ring is 3. The summed E-state index contributed by atoms with van der Waals surface area (Å²) in [7, 11) is 0. The van der Waals surface area contributed by atoms with Gasteiger partial charge in [0.25, 0.3) is 11.9 Å². The lowest BCUT2D eigenvalue weighted by Crippen LogP contribution is -2.33. The molecule has 0 atom stereocenters. The molecule has 0 aliphatic rings. The number of anilines is 3. The highest BCUT2D eigenvalue weighted by Gasteiger charge is 2.09. The summed E-state index contributed by atoms with van der Waals surface area (Å²) in [5.41, 5.74) is 23.6. The van der Waals surface area contributed by atoms with Gasteiger partial charge in [-0.25, -0.2) is 22.2 Å². The number of guanidine groups is 1. The van der Waals surface area contributed by atoms with Crippen molar-refractivity contribution in [3.63, 3.8) is 0 Å². The lowest BCUT2D eigenvalue weighted by atomic mass is 10.9. The van der Waals surface area contributed by atoms with Crippen LogP contribution in [0.15, 0.2) is 10.1 Å². The molecule has 14 N–H and O–H groups in total. The molecule has 0 radical (unpaired) electrons. The molecule has 0 amide bonds. The first kappa shape index (κ1) is 14.7. The molecule has 2 rings (SSSR count). The average molecular weight is 310 g/mol. The molecule has 22 heavy (non-hydrogen) atoms. The van der Waals surface area contributed by atoms with Crippen LogP contribution in [0.1, 0.15) is 0 Å². The fourth-order valence-corrected chi connectivity index (χ4v) is 1.22. The van der Waals surface area contributed by atoms with Gasteiger partial charge >= 0.3 is 0 Å². The number of hydrazine groups is 2. The monoisotopic (exact) mass is 310 g/mol. The van der Waals surface area contributed by atoms with Gasteiger partial charge in [-0.15, -0.1) is 15.3 Å². The van der Waals surface area contributed by atoms with Gasteiger partial charge < -0.3 is 17.2 Å². The first-order chi connectivity index (χ1) is 10.5. The van der Waals surface area contributed by atoms with E-state index >= 15 is 0 Å². The fourth-order valence-electron chi connectivity index (χ4n) is 1.22. The Morgan fingerprint density at radius 1 is 1.18 bits per heavy atom. The van der Waals surface area contributed by atoms with Crippen LogP contribution in [-0.4, -0.2) is 41.9 Å². The lowest BCUT2D eigenvalue weighted by molar-refractivity contribution is 0.887. The van der Waals surface area contributed by atoms with Crippen LogP contribution in [0, 0.1) is 0 Å². The van der Waals surface area contributed by atoms with Gasteiger partial charge in [0, 0.05) is 0 Å². The standard InChI is InChI=1S/C6H14N16/c7-1(12-4-14-5(15-10)20-19-4)17-18-3(9)22-2(8)13-6(16-11)21-22/h10-11H2,(H2,9,18)(H3,8,13,16,21)(H5,7,12,14,15,17,19,20). The quantitative estimate of drug-likeness (QED) is 0.113. The van der Waals surface area contributed by atoms with Gasteiger partial charge in [-0.1, -0.05) is 0 Å². The van der Waals surface area contributed by atoms with E-state index in [2.05, 4.69) is 51.6 Å². The Kier molecular flexibility index (Phi) is 4.15. The number of rotatable bonds is 4. The first-order valence-corrected chi connectivity index (χ1v) is 5.55. The largest absolute Gasteiger partial charge is 0.368 e. The van der Waals surface area contributed by atoms with Crippen molar-refractivity contribution >= 4 is 35.7 Å². The highest BCUT2D eigenvalue weighted by Crippen LogP contribution is 2.04. The van der Waals surface area contributed by atoms with E-state index < -0.39 is 0 Å². The van der Waals surface area contributed by atoms with Gasteiger partial charge in [0.1, 0.15) is 0 Å². The van der Waals surface area contributed by atoms with Gasteiger partial charge in [-0.2, -0.15) is 19.6 Å². The van der Waals surface area contributed by atoms with Gasteiger partial charge in [0.2, 0.25) is 23.8 Å². The summed E-state index contributed by atoms with van der Waals surface area (Å²) in [5, 5.41) is 13.7. The number of hydrogen-bond donors (Lipinski definition) is 9. The van der Waals surface area contributed by atoms with Gasteiger partial charge in [0.05, 0.1) is 0 Å². The predicted molar refractivity (Wildman–Crippen MR) is 77.9 cm³/mol. The third-order valence-corrected chi connectivity index (χ3v) is 2.09. The maximum atomic E-state index is 5.66. The minimum Gasteiger partial charge on any atom is -0.368 e. The van der Waals surface area contributed by atoms with Crippen LogP contribution in [0.5, 0.6) is 0 Å². The maximum Gasteiger partial charge on any atom is 0.273 e. The summed E-state index contributed by atoms with van der Waals surface area (Å²) < 4.78 is 1.03. The van der Waals surface area contributed by atoms with E-state index in [9.17, 15) is 0 Å². The van der Waals surface area contributed by atoms with Gasteiger partial charge in [-0.3, -0.25) is 10.9 Å². The lowest BCUT2D eigenvalue weighted by Gasteiger charge is -2.02. The Morgan fingerprint density at radius 3 is 2.55 bits per heavy atom. The summed E-state index contributed by atoms with van der Waals surface area (Å²) in [5.74, 6) is 10.3. The molecule has 0 fully saturated rings. The van der Waals surface area contributed by atoms with Crippen LogP contribution < -0.4 is 45.2 Å². The molecule has 0 aliphatic heterocycles. The van der Waals surface area contributed by atoms with Crippen molar-refractivity contribution in [3.05, 3.63) is 0 Å². The molecule has 2 aromatic rings. The zero-order valence-corrected chi connectivity index (χ0v) is 11.0. The van der Waals surface area contributed by atoms with Crippen LogP contribution in [-0.2, 0) is 0 Å². The molecule has 0 saturated heterocycles. The Morgan fingerprint density at radius 2 is 1.95 bits per heavy atom. The summed E-state index contributed by atoms with van der Waals surface area (Å²) >= 11 is 0. The highest BCUT2D eigenvalue weighted by molar-refractivity contribution is 5.85. The van der Waals surface area contributed by atoms with Crippen molar-refractivity contribution in [1.29, 1.82) is 0 Å². The summed E-state index contributed by atoms with van der Waals surface area (Å²) in [6.07, 6.45) is 0. The van der Waals surface area contributed by atoms with Crippen LogP contribution in [0.2, 0.25) is 0 Å². The van der Waals surface area contributed by atoms with Crippen molar-refractivity contribution in [2.45, 2.75) is 0 Å². The molecule has 0 aliphatic carbocycles. The number of nitrogens with one attached hydrogen (secondary N) is 4. The van der Waals surface area contributed by atoms with E-state index in [1.54, 1.807) is 0 Å². The summed E-state index contributed by atoms with van der Waals surface area (Å²) in [6.45, 7) is 0. The number of aliphatic imine (C=N–C) groups is 1. The third-order valence-electron chi connectivity index (χ3n) is 2.09. The zero-order chi connectivity index (χ0) is 16.1. The maximum absolute atomic E-state index is 5.66. The molecule has 0 aromatic carbocycles. The smallest absolute Gasteiger partial charge is 0.273 e.